The zero-order valence-corrected chi connectivity index (χ0v) is 18.2. The van der Waals surface area contributed by atoms with Gasteiger partial charge in [-0.15, -0.1) is 10.2 Å². The third-order valence-corrected chi connectivity index (χ3v) is 6.53. The first kappa shape index (κ1) is 21.6. The number of amides is 2. The number of halogens is 1. The Labute approximate surface area is 180 Å². The SMILES string of the molecule is C[C@H]1CCCC[C@@H]1NC(=O)CSc1nnc(CC(=O)Nc2ccccc2Cl)n1C. The van der Waals surface area contributed by atoms with Gasteiger partial charge in [-0.3, -0.25) is 9.59 Å². The number of rotatable bonds is 7. The lowest BCUT2D eigenvalue weighted by Crippen LogP contribution is -2.41. The average Bonchev–Trinajstić information content (AvgIpc) is 3.03. The van der Waals surface area contributed by atoms with Gasteiger partial charge in [0.2, 0.25) is 11.8 Å². The zero-order chi connectivity index (χ0) is 20.8. The van der Waals surface area contributed by atoms with Crippen molar-refractivity contribution in [1.82, 2.24) is 20.1 Å². The van der Waals surface area contributed by atoms with E-state index >= 15 is 0 Å². The van der Waals surface area contributed by atoms with Crippen molar-refractivity contribution in [1.29, 1.82) is 0 Å². The summed E-state index contributed by atoms with van der Waals surface area (Å²) in [7, 11) is 1.79. The number of nitrogens with zero attached hydrogens (tertiary/aromatic N) is 3. The van der Waals surface area contributed by atoms with E-state index in [9.17, 15) is 9.59 Å². The van der Waals surface area contributed by atoms with Crippen LogP contribution in [0.4, 0.5) is 5.69 Å². The van der Waals surface area contributed by atoms with Crippen LogP contribution < -0.4 is 10.6 Å². The summed E-state index contributed by atoms with van der Waals surface area (Å²) in [6.07, 6.45) is 4.70. The summed E-state index contributed by atoms with van der Waals surface area (Å²) in [5.41, 5.74) is 0.560. The van der Waals surface area contributed by atoms with Gasteiger partial charge in [-0.25, -0.2) is 0 Å². The van der Waals surface area contributed by atoms with Crippen molar-refractivity contribution in [3.8, 4) is 0 Å². The Morgan fingerprint density at radius 2 is 1.97 bits per heavy atom. The van der Waals surface area contributed by atoms with Crippen molar-refractivity contribution >= 4 is 40.9 Å². The second-order valence-corrected chi connectivity index (χ2v) is 8.74. The van der Waals surface area contributed by atoms with Crippen LogP contribution in [0, 0.1) is 5.92 Å². The monoisotopic (exact) mass is 435 g/mol. The van der Waals surface area contributed by atoms with Crippen LogP contribution in [0.25, 0.3) is 0 Å². The molecule has 0 aliphatic heterocycles. The maximum atomic E-state index is 12.3. The molecule has 1 heterocycles. The number of thioether (sulfide) groups is 1. The molecule has 1 aliphatic rings. The number of benzene rings is 1. The van der Waals surface area contributed by atoms with E-state index in [1.54, 1.807) is 35.9 Å². The summed E-state index contributed by atoms with van der Waals surface area (Å²) in [4.78, 5) is 24.6. The van der Waals surface area contributed by atoms with Gasteiger partial charge in [-0.2, -0.15) is 0 Å². The number of carbonyl (C=O) groups is 2. The van der Waals surface area contributed by atoms with Crippen LogP contribution in [0.5, 0.6) is 0 Å². The molecule has 2 amide bonds. The number of nitrogens with one attached hydrogen (secondary N) is 2. The highest BCUT2D eigenvalue weighted by Gasteiger charge is 2.23. The highest BCUT2D eigenvalue weighted by Crippen LogP contribution is 2.24. The molecule has 3 rings (SSSR count). The minimum atomic E-state index is -0.228. The first-order valence-corrected chi connectivity index (χ1v) is 11.1. The van der Waals surface area contributed by atoms with Gasteiger partial charge >= 0.3 is 0 Å². The lowest BCUT2D eigenvalue weighted by atomic mass is 9.86. The lowest BCUT2D eigenvalue weighted by Gasteiger charge is -2.29. The molecule has 2 aromatic rings. The molecule has 2 N–H and O–H groups in total. The number of hydrogen-bond donors (Lipinski definition) is 2. The van der Waals surface area contributed by atoms with Crippen molar-refractivity contribution < 1.29 is 9.59 Å². The van der Waals surface area contributed by atoms with Crippen LogP contribution in [0.1, 0.15) is 38.4 Å². The van der Waals surface area contributed by atoms with E-state index in [-0.39, 0.29) is 30.0 Å². The van der Waals surface area contributed by atoms with Gasteiger partial charge in [-0.05, 0) is 30.9 Å². The van der Waals surface area contributed by atoms with Gasteiger partial charge in [0.25, 0.3) is 0 Å². The lowest BCUT2D eigenvalue weighted by molar-refractivity contribution is -0.120. The fourth-order valence-electron chi connectivity index (χ4n) is 3.43. The minimum Gasteiger partial charge on any atom is -0.352 e. The Kier molecular flexibility index (Phi) is 7.55. The molecule has 0 saturated heterocycles. The zero-order valence-electron chi connectivity index (χ0n) is 16.7. The van der Waals surface area contributed by atoms with Crippen molar-refractivity contribution in [2.45, 2.75) is 50.2 Å². The van der Waals surface area contributed by atoms with Crippen LogP contribution in [0.15, 0.2) is 29.4 Å². The fraction of sp³-hybridized carbons (Fsp3) is 0.500. The highest BCUT2D eigenvalue weighted by atomic mass is 35.5. The molecule has 1 aromatic heterocycles. The molecule has 0 unspecified atom stereocenters. The molecule has 9 heteroatoms. The summed E-state index contributed by atoms with van der Waals surface area (Å²) < 4.78 is 1.74. The average molecular weight is 436 g/mol. The van der Waals surface area contributed by atoms with Crippen molar-refractivity contribution in [2.75, 3.05) is 11.1 Å². The Hall–Kier alpha value is -2.06. The number of aromatic nitrogens is 3. The number of hydrogen-bond acceptors (Lipinski definition) is 5. The van der Waals surface area contributed by atoms with Crippen molar-refractivity contribution in [2.24, 2.45) is 13.0 Å². The number of para-hydroxylation sites is 1. The molecule has 29 heavy (non-hydrogen) atoms. The van der Waals surface area contributed by atoms with Crippen LogP contribution in [0.3, 0.4) is 0 Å². The Morgan fingerprint density at radius 3 is 2.72 bits per heavy atom. The largest absolute Gasteiger partial charge is 0.352 e. The molecule has 1 fully saturated rings. The molecule has 7 nitrogen and oxygen atoms in total. The van der Waals surface area contributed by atoms with Crippen molar-refractivity contribution in [3.05, 3.63) is 35.1 Å². The van der Waals surface area contributed by atoms with Gasteiger partial charge in [0.05, 0.1) is 22.9 Å². The molecular weight excluding hydrogens is 410 g/mol. The molecule has 156 valence electrons. The van der Waals surface area contributed by atoms with E-state index in [4.69, 9.17) is 11.6 Å². The maximum Gasteiger partial charge on any atom is 0.232 e. The van der Waals surface area contributed by atoms with Gasteiger partial charge in [0.15, 0.2) is 5.16 Å². The second-order valence-electron chi connectivity index (χ2n) is 7.39. The van der Waals surface area contributed by atoms with Crippen LogP contribution in [0.2, 0.25) is 5.02 Å². The van der Waals surface area contributed by atoms with Crippen molar-refractivity contribution in [3.63, 3.8) is 0 Å². The third kappa shape index (κ3) is 5.96. The Bertz CT molecular complexity index is 872. The molecule has 0 bridgehead atoms. The van der Waals surface area contributed by atoms with E-state index in [1.165, 1.54) is 31.0 Å². The van der Waals surface area contributed by atoms with Crippen LogP contribution >= 0.6 is 23.4 Å². The van der Waals surface area contributed by atoms with Crippen LogP contribution in [-0.2, 0) is 23.1 Å². The molecule has 1 aromatic carbocycles. The third-order valence-electron chi connectivity index (χ3n) is 5.18. The predicted molar refractivity (Wildman–Crippen MR) is 115 cm³/mol. The summed E-state index contributed by atoms with van der Waals surface area (Å²) in [6.45, 7) is 2.19. The van der Waals surface area contributed by atoms with E-state index in [2.05, 4.69) is 27.8 Å². The van der Waals surface area contributed by atoms with Crippen LogP contribution in [-0.4, -0.2) is 38.4 Å². The molecule has 0 spiro atoms. The van der Waals surface area contributed by atoms with E-state index in [1.807, 2.05) is 0 Å². The van der Waals surface area contributed by atoms with E-state index in [0.29, 0.717) is 27.6 Å². The summed E-state index contributed by atoms with van der Waals surface area (Å²) in [5.74, 6) is 1.11. The first-order chi connectivity index (χ1) is 13.9. The summed E-state index contributed by atoms with van der Waals surface area (Å²) in [6, 6.07) is 7.32. The maximum absolute atomic E-state index is 12.3. The quantitative estimate of drug-likeness (QED) is 0.650. The topological polar surface area (TPSA) is 88.9 Å². The molecule has 1 saturated carbocycles. The first-order valence-electron chi connectivity index (χ1n) is 9.79. The Balaban J connectivity index is 1.50. The smallest absolute Gasteiger partial charge is 0.232 e. The Morgan fingerprint density at radius 1 is 1.21 bits per heavy atom. The molecule has 1 aliphatic carbocycles. The van der Waals surface area contributed by atoms with E-state index < -0.39 is 0 Å². The minimum absolute atomic E-state index is 0.00904. The van der Waals surface area contributed by atoms with Gasteiger partial charge in [0.1, 0.15) is 5.82 Å². The second kappa shape index (κ2) is 10.1. The summed E-state index contributed by atoms with van der Waals surface area (Å²) >= 11 is 7.39. The van der Waals surface area contributed by atoms with Gasteiger partial charge in [0, 0.05) is 13.1 Å². The molecule has 2 atom stereocenters. The molecule has 0 radical (unpaired) electrons. The number of carbonyl (C=O) groups excluding carboxylic acids is 2. The van der Waals surface area contributed by atoms with E-state index in [0.717, 1.165) is 6.42 Å². The summed E-state index contributed by atoms with van der Waals surface area (Å²) in [5, 5.41) is 15.2. The normalized spacial score (nSPS) is 19.0. The number of anilines is 1. The van der Waals surface area contributed by atoms with Gasteiger partial charge in [-0.1, -0.05) is 55.3 Å². The fourth-order valence-corrected chi connectivity index (χ4v) is 4.36. The van der Waals surface area contributed by atoms with Gasteiger partial charge < -0.3 is 15.2 Å². The molecular formula is C20H26ClN5O2S. The standard InChI is InChI=1S/C20H26ClN5O2S/c1-13-7-3-5-9-15(13)22-19(28)12-29-20-25-24-17(26(20)2)11-18(27)23-16-10-6-4-8-14(16)21/h4,6,8,10,13,15H,3,5,7,9,11-12H2,1-2H3,(H,22,28)(H,23,27)/t13-,15-/m0/s1. The highest BCUT2D eigenvalue weighted by molar-refractivity contribution is 7.99. The predicted octanol–water partition coefficient (Wildman–Crippen LogP) is 3.44.